The Kier molecular flexibility index (Phi) is 4.60. The number of aromatic nitrogens is 3. The van der Waals surface area contributed by atoms with Gasteiger partial charge in [-0.1, -0.05) is 27.7 Å². The minimum atomic E-state index is 0.114. The molecule has 2 aromatic rings. The first kappa shape index (κ1) is 15.2. The van der Waals surface area contributed by atoms with Crippen LogP contribution in [0.25, 0.3) is 0 Å². The molecule has 0 fully saturated rings. The van der Waals surface area contributed by atoms with E-state index in [2.05, 4.69) is 48.8 Å². The van der Waals surface area contributed by atoms with Crippen molar-refractivity contribution in [3.63, 3.8) is 0 Å². The highest BCUT2D eigenvalue weighted by Crippen LogP contribution is 2.24. The van der Waals surface area contributed by atoms with Gasteiger partial charge in [-0.15, -0.1) is 11.3 Å². The average Bonchev–Trinajstić information content (AvgIpc) is 2.98. The van der Waals surface area contributed by atoms with Crippen molar-refractivity contribution in [2.75, 3.05) is 0 Å². The molecule has 0 saturated heterocycles. The van der Waals surface area contributed by atoms with Gasteiger partial charge in [-0.05, 0) is 6.42 Å². The molecule has 0 bridgehead atoms. The third-order valence-corrected chi connectivity index (χ3v) is 4.15. The zero-order valence-corrected chi connectivity index (χ0v) is 13.6. The van der Waals surface area contributed by atoms with Crippen LogP contribution in [0.3, 0.4) is 0 Å². The third kappa shape index (κ3) is 3.90. The standard InChI is InChI=1S/C15H24N4S/c1-5-11(16)6-12-7-19(10-17-12)8-14-18-13(9-20-14)15(2,3)4/h7,9-11H,5-6,8,16H2,1-4H3. The van der Waals surface area contributed by atoms with E-state index in [0.29, 0.717) is 0 Å². The molecular formula is C15H24N4S. The van der Waals surface area contributed by atoms with Crippen molar-refractivity contribution < 1.29 is 0 Å². The van der Waals surface area contributed by atoms with Crippen molar-refractivity contribution in [1.29, 1.82) is 0 Å². The average molecular weight is 292 g/mol. The van der Waals surface area contributed by atoms with Crippen molar-refractivity contribution in [2.45, 2.75) is 58.5 Å². The molecule has 0 radical (unpaired) electrons. The fraction of sp³-hybridized carbons (Fsp3) is 0.600. The number of hydrogen-bond acceptors (Lipinski definition) is 4. The maximum absolute atomic E-state index is 5.96. The summed E-state index contributed by atoms with van der Waals surface area (Å²) in [4.78, 5) is 9.12. The van der Waals surface area contributed by atoms with E-state index >= 15 is 0 Å². The predicted molar refractivity (Wildman–Crippen MR) is 84.1 cm³/mol. The van der Waals surface area contributed by atoms with Crippen molar-refractivity contribution in [2.24, 2.45) is 5.73 Å². The van der Waals surface area contributed by atoms with Crippen LogP contribution in [0.15, 0.2) is 17.9 Å². The van der Waals surface area contributed by atoms with E-state index in [-0.39, 0.29) is 11.5 Å². The highest BCUT2D eigenvalue weighted by molar-refractivity contribution is 7.09. The zero-order chi connectivity index (χ0) is 14.8. The smallest absolute Gasteiger partial charge is 0.113 e. The molecule has 1 atom stereocenters. The largest absolute Gasteiger partial charge is 0.330 e. The normalized spacial score (nSPS) is 13.7. The van der Waals surface area contributed by atoms with Gasteiger partial charge in [-0.2, -0.15) is 0 Å². The monoisotopic (exact) mass is 292 g/mol. The summed E-state index contributed by atoms with van der Waals surface area (Å²) in [6.07, 6.45) is 5.77. The number of nitrogens with two attached hydrogens (primary N) is 1. The third-order valence-electron chi connectivity index (χ3n) is 3.32. The van der Waals surface area contributed by atoms with Gasteiger partial charge in [0.05, 0.1) is 24.3 Å². The highest BCUT2D eigenvalue weighted by atomic mass is 32.1. The summed E-state index contributed by atoms with van der Waals surface area (Å²) in [5.74, 6) is 0. The van der Waals surface area contributed by atoms with Crippen LogP contribution in [0.1, 0.15) is 50.5 Å². The van der Waals surface area contributed by atoms with Gasteiger partial charge in [0.25, 0.3) is 0 Å². The molecule has 5 heteroatoms. The van der Waals surface area contributed by atoms with Crippen LogP contribution in [-0.2, 0) is 18.4 Å². The van der Waals surface area contributed by atoms with Crippen molar-refractivity contribution in [1.82, 2.24) is 14.5 Å². The Labute approximate surface area is 125 Å². The van der Waals surface area contributed by atoms with Gasteiger partial charge in [0.1, 0.15) is 5.01 Å². The van der Waals surface area contributed by atoms with Crippen LogP contribution in [0.5, 0.6) is 0 Å². The van der Waals surface area contributed by atoms with Crippen molar-refractivity contribution in [3.05, 3.63) is 34.3 Å². The predicted octanol–water partition coefficient (Wildman–Crippen LogP) is 2.97. The maximum atomic E-state index is 5.96. The SMILES string of the molecule is CCC(N)Cc1cn(Cc2nc(C(C)(C)C)cs2)cn1. The lowest BCUT2D eigenvalue weighted by Gasteiger charge is -2.14. The Hall–Kier alpha value is -1.20. The van der Waals surface area contributed by atoms with E-state index < -0.39 is 0 Å². The highest BCUT2D eigenvalue weighted by Gasteiger charge is 2.17. The van der Waals surface area contributed by atoms with Crippen LogP contribution >= 0.6 is 11.3 Å². The van der Waals surface area contributed by atoms with Gasteiger partial charge in [0.2, 0.25) is 0 Å². The number of hydrogen-bond donors (Lipinski definition) is 1. The summed E-state index contributed by atoms with van der Waals surface area (Å²) in [6.45, 7) is 9.45. The Morgan fingerprint density at radius 1 is 1.40 bits per heavy atom. The number of imidazole rings is 1. The molecule has 20 heavy (non-hydrogen) atoms. The summed E-state index contributed by atoms with van der Waals surface area (Å²) in [6, 6.07) is 0.200. The molecule has 2 heterocycles. The number of thiazole rings is 1. The molecule has 4 nitrogen and oxygen atoms in total. The second kappa shape index (κ2) is 6.06. The van der Waals surface area contributed by atoms with E-state index in [1.54, 1.807) is 11.3 Å². The Balaban J connectivity index is 2.02. The minimum absolute atomic E-state index is 0.114. The molecule has 1 unspecified atom stereocenters. The lowest BCUT2D eigenvalue weighted by molar-refractivity contribution is 0.569. The first-order valence-electron chi connectivity index (χ1n) is 7.09. The maximum Gasteiger partial charge on any atom is 0.113 e. The molecule has 0 aliphatic rings. The van der Waals surface area contributed by atoms with E-state index in [1.807, 2.05) is 6.33 Å². The van der Waals surface area contributed by atoms with Gasteiger partial charge in [0.15, 0.2) is 0 Å². The van der Waals surface area contributed by atoms with Gasteiger partial charge in [-0.25, -0.2) is 9.97 Å². The molecule has 0 aliphatic heterocycles. The summed E-state index contributed by atoms with van der Waals surface area (Å²) in [7, 11) is 0. The van der Waals surface area contributed by atoms with Gasteiger partial charge in [-0.3, -0.25) is 0 Å². The first-order chi connectivity index (χ1) is 9.38. The Bertz CT molecular complexity index is 550. The van der Waals surface area contributed by atoms with E-state index in [0.717, 1.165) is 35.8 Å². The molecular weight excluding hydrogens is 268 g/mol. The van der Waals surface area contributed by atoms with Gasteiger partial charge >= 0.3 is 0 Å². The van der Waals surface area contributed by atoms with Crippen molar-refractivity contribution >= 4 is 11.3 Å². The second-order valence-electron chi connectivity index (χ2n) is 6.29. The molecule has 0 aliphatic carbocycles. The summed E-state index contributed by atoms with van der Waals surface area (Å²) < 4.78 is 2.09. The van der Waals surface area contributed by atoms with Crippen LogP contribution in [0.4, 0.5) is 0 Å². The summed E-state index contributed by atoms with van der Waals surface area (Å²) in [5.41, 5.74) is 8.29. The molecule has 0 spiro atoms. The summed E-state index contributed by atoms with van der Waals surface area (Å²) in [5, 5.41) is 3.28. The fourth-order valence-electron chi connectivity index (χ4n) is 1.90. The lowest BCUT2D eigenvalue weighted by atomic mass is 9.93. The van der Waals surface area contributed by atoms with E-state index in [1.165, 1.54) is 0 Å². The van der Waals surface area contributed by atoms with E-state index in [4.69, 9.17) is 10.7 Å². The molecule has 110 valence electrons. The molecule has 0 aromatic carbocycles. The van der Waals surface area contributed by atoms with Crippen LogP contribution in [0, 0.1) is 0 Å². The fourth-order valence-corrected chi connectivity index (χ4v) is 2.92. The molecule has 0 saturated carbocycles. The van der Waals surface area contributed by atoms with Gasteiger partial charge in [0, 0.05) is 29.5 Å². The molecule has 2 N–H and O–H groups in total. The lowest BCUT2D eigenvalue weighted by Crippen LogP contribution is -2.21. The van der Waals surface area contributed by atoms with Crippen LogP contribution in [0.2, 0.25) is 0 Å². The molecule has 0 amide bonds. The summed E-state index contributed by atoms with van der Waals surface area (Å²) >= 11 is 1.71. The van der Waals surface area contributed by atoms with E-state index in [9.17, 15) is 0 Å². The Morgan fingerprint density at radius 3 is 2.75 bits per heavy atom. The van der Waals surface area contributed by atoms with Crippen LogP contribution in [-0.4, -0.2) is 20.6 Å². The van der Waals surface area contributed by atoms with Crippen molar-refractivity contribution in [3.8, 4) is 0 Å². The quantitative estimate of drug-likeness (QED) is 0.921. The Morgan fingerprint density at radius 2 is 2.15 bits per heavy atom. The molecule has 2 aromatic heterocycles. The van der Waals surface area contributed by atoms with Gasteiger partial charge < -0.3 is 10.3 Å². The number of nitrogens with zero attached hydrogens (tertiary/aromatic N) is 3. The second-order valence-corrected chi connectivity index (χ2v) is 7.23. The zero-order valence-electron chi connectivity index (χ0n) is 12.8. The van der Waals surface area contributed by atoms with Crippen LogP contribution < -0.4 is 5.73 Å². The minimum Gasteiger partial charge on any atom is -0.330 e. The topological polar surface area (TPSA) is 56.7 Å². The first-order valence-corrected chi connectivity index (χ1v) is 7.97. The number of rotatable bonds is 5. The molecule has 2 rings (SSSR count).